The van der Waals surface area contributed by atoms with Crippen LogP contribution in [-0.2, 0) is 11.2 Å². The summed E-state index contributed by atoms with van der Waals surface area (Å²) in [5.41, 5.74) is 0.879. The molecule has 2 rings (SSSR count). The minimum absolute atomic E-state index is 0. The minimum Gasteiger partial charge on any atom is -0.456 e. The third-order valence-electron chi connectivity index (χ3n) is 3.30. The van der Waals surface area contributed by atoms with Crippen LogP contribution in [0.15, 0.2) is 10.5 Å². The molecule has 2 N–H and O–H groups in total. The summed E-state index contributed by atoms with van der Waals surface area (Å²) in [5.74, 6) is 1.09. The van der Waals surface area contributed by atoms with E-state index < -0.39 is 0 Å². The molecule has 0 spiro atoms. The second-order valence-electron chi connectivity index (χ2n) is 4.59. The van der Waals surface area contributed by atoms with Gasteiger partial charge in [0.05, 0.1) is 12.1 Å². The number of ether oxygens (including phenoxy) is 1. The summed E-state index contributed by atoms with van der Waals surface area (Å²) in [5, 5.41) is 6.15. The molecule has 1 aliphatic heterocycles. The number of nitrogens with one attached hydrogen (secondary N) is 2. The number of halogens is 1. The summed E-state index contributed by atoms with van der Waals surface area (Å²) in [6, 6.07) is 1.91. The molecule has 0 aliphatic carbocycles. The predicted molar refractivity (Wildman–Crippen MR) is 75.0 cm³/mol. The number of carbonyl (C=O) groups is 1. The number of hydrogen-bond donors (Lipinski definition) is 2. The number of rotatable bonds is 4. The van der Waals surface area contributed by atoms with Gasteiger partial charge >= 0.3 is 0 Å². The normalized spacial score (nSPS) is 22.1. The standard InChI is InChI=1S/C13H20N2O3.ClH/c1-4-9-5-8(2)12(18-9)13(16)15-10-6-14-7-11(10)17-3;/h5,10-11,14H,4,6-7H2,1-3H3,(H,15,16);1H. The predicted octanol–water partition coefficient (Wildman–Crippen LogP) is 1.29. The van der Waals surface area contributed by atoms with Gasteiger partial charge in [0.1, 0.15) is 5.76 Å². The summed E-state index contributed by atoms with van der Waals surface area (Å²) >= 11 is 0. The van der Waals surface area contributed by atoms with E-state index in [2.05, 4.69) is 10.6 Å². The van der Waals surface area contributed by atoms with Gasteiger partial charge in [-0.25, -0.2) is 0 Å². The lowest BCUT2D eigenvalue weighted by molar-refractivity contribution is 0.0758. The first kappa shape index (κ1) is 16.0. The first-order chi connectivity index (χ1) is 8.65. The van der Waals surface area contributed by atoms with Crippen LogP contribution in [0, 0.1) is 6.92 Å². The maximum absolute atomic E-state index is 12.1. The molecule has 0 bridgehead atoms. The van der Waals surface area contributed by atoms with Gasteiger partial charge in [0.25, 0.3) is 5.91 Å². The number of hydrogen-bond acceptors (Lipinski definition) is 4. The molecule has 2 atom stereocenters. The molecular formula is C13H21ClN2O3. The molecule has 19 heavy (non-hydrogen) atoms. The molecule has 1 fully saturated rings. The van der Waals surface area contributed by atoms with E-state index in [0.717, 1.165) is 30.8 Å². The van der Waals surface area contributed by atoms with Crippen LogP contribution in [-0.4, -0.2) is 38.3 Å². The Morgan fingerprint density at radius 1 is 1.58 bits per heavy atom. The van der Waals surface area contributed by atoms with Crippen molar-refractivity contribution in [1.29, 1.82) is 0 Å². The lowest BCUT2D eigenvalue weighted by Gasteiger charge is -2.17. The van der Waals surface area contributed by atoms with Gasteiger partial charge in [0, 0.05) is 32.2 Å². The zero-order valence-electron chi connectivity index (χ0n) is 11.5. The molecule has 5 nitrogen and oxygen atoms in total. The van der Waals surface area contributed by atoms with Crippen LogP contribution in [0.1, 0.15) is 28.8 Å². The number of amides is 1. The van der Waals surface area contributed by atoms with Crippen LogP contribution in [0.3, 0.4) is 0 Å². The van der Waals surface area contributed by atoms with Crippen molar-refractivity contribution in [3.8, 4) is 0 Å². The van der Waals surface area contributed by atoms with Gasteiger partial charge in [0.15, 0.2) is 5.76 Å². The van der Waals surface area contributed by atoms with Gasteiger partial charge in [-0.1, -0.05) is 6.92 Å². The molecule has 1 aromatic heterocycles. The third kappa shape index (κ3) is 3.49. The van der Waals surface area contributed by atoms with Crippen LogP contribution in [0.4, 0.5) is 0 Å². The molecule has 1 aliphatic rings. The first-order valence-corrected chi connectivity index (χ1v) is 6.29. The van der Waals surface area contributed by atoms with Crippen molar-refractivity contribution in [2.45, 2.75) is 32.4 Å². The second-order valence-corrected chi connectivity index (χ2v) is 4.59. The van der Waals surface area contributed by atoms with Gasteiger partial charge in [-0.15, -0.1) is 12.4 Å². The zero-order chi connectivity index (χ0) is 13.1. The summed E-state index contributed by atoms with van der Waals surface area (Å²) in [6.07, 6.45) is 0.814. The number of aryl methyl sites for hydroxylation is 2. The van der Waals surface area contributed by atoms with Crippen molar-refractivity contribution in [2.24, 2.45) is 0 Å². The van der Waals surface area contributed by atoms with Crippen molar-refractivity contribution < 1.29 is 13.9 Å². The lowest BCUT2D eigenvalue weighted by atomic mass is 10.2. The fourth-order valence-electron chi connectivity index (χ4n) is 2.23. The average molecular weight is 289 g/mol. The Kier molecular flexibility index (Phi) is 5.85. The van der Waals surface area contributed by atoms with E-state index in [1.54, 1.807) is 7.11 Å². The summed E-state index contributed by atoms with van der Waals surface area (Å²) in [4.78, 5) is 12.1. The Balaban J connectivity index is 0.00000180. The zero-order valence-corrected chi connectivity index (χ0v) is 12.3. The van der Waals surface area contributed by atoms with Gasteiger partial charge in [0.2, 0.25) is 0 Å². The van der Waals surface area contributed by atoms with Crippen molar-refractivity contribution in [1.82, 2.24) is 10.6 Å². The van der Waals surface area contributed by atoms with E-state index in [4.69, 9.17) is 9.15 Å². The van der Waals surface area contributed by atoms with Crippen molar-refractivity contribution in [3.05, 3.63) is 23.2 Å². The van der Waals surface area contributed by atoms with Crippen LogP contribution >= 0.6 is 12.4 Å². The van der Waals surface area contributed by atoms with E-state index >= 15 is 0 Å². The number of furan rings is 1. The second kappa shape index (κ2) is 6.93. The summed E-state index contributed by atoms with van der Waals surface area (Å²) in [6.45, 7) is 5.38. The first-order valence-electron chi connectivity index (χ1n) is 6.29. The van der Waals surface area contributed by atoms with E-state index in [0.29, 0.717) is 5.76 Å². The molecule has 1 aromatic rings. The molecule has 6 heteroatoms. The Morgan fingerprint density at radius 2 is 2.32 bits per heavy atom. The fourth-order valence-corrected chi connectivity index (χ4v) is 2.23. The molecule has 0 radical (unpaired) electrons. The van der Waals surface area contributed by atoms with E-state index in [1.165, 1.54) is 0 Å². The van der Waals surface area contributed by atoms with Gasteiger partial charge in [-0.05, 0) is 13.0 Å². The smallest absolute Gasteiger partial charge is 0.287 e. The van der Waals surface area contributed by atoms with Crippen LogP contribution in [0.2, 0.25) is 0 Å². The van der Waals surface area contributed by atoms with Crippen molar-refractivity contribution in [2.75, 3.05) is 20.2 Å². The Hall–Kier alpha value is -1.04. The lowest BCUT2D eigenvalue weighted by Crippen LogP contribution is -2.43. The van der Waals surface area contributed by atoms with Gasteiger partial charge in [-0.2, -0.15) is 0 Å². The molecule has 1 saturated heterocycles. The van der Waals surface area contributed by atoms with E-state index in [1.807, 2.05) is 19.9 Å². The summed E-state index contributed by atoms with van der Waals surface area (Å²) < 4.78 is 10.8. The minimum atomic E-state index is -0.164. The molecule has 0 saturated carbocycles. The molecule has 1 amide bonds. The van der Waals surface area contributed by atoms with E-state index in [9.17, 15) is 4.79 Å². The largest absolute Gasteiger partial charge is 0.456 e. The maximum Gasteiger partial charge on any atom is 0.287 e. The Labute approximate surface area is 119 Å². The topological polar surface area (TPSA) is 63.5 Å². The fraction of sp³-hybridized carbons (Fsp3) is 0.615. The SMILES string of the molecule is CCc1cc(C)c(C(=O)NC2CNCC2OC)o1.Cl. The highest BCUT2D eigenvalue weighted by Gasteiger charge is 2.29. The van der Waals surface area contributed by atoms with Gasteiger partial charge < -0.3 is 19.8 Å². The van der Waals surface area contributed by atoms with E-state index in [-0.39, 0.29) is 30.5 Å². The summed E-state index contributed by atoms with van der Waals surface area (Å²) in [7, 11) is 1.66. The van der Waals surface area contributed by atoms with Crippen LogP contribution in [0.5, 0.6) is 0 Å². The maximum atomic E-state index is 12.1. The third-order valence-corrected chi connectivity index (χ3v) is 3.30. The van der Waals surface area contributed by atoms with Crippen LogP contribution < -0.4 is 10.6 Å². The molecular weight excluding hydrogens is 268 g/mol. The molecule has 108 valence electrons. The number of methoxy groups -OCH3 is 1. The molecule has 2 heterocycles. The number of carbonyl (C=O) groups excluding carboxylic acids is 1. The Morgan fingerprint density at radius 3 is 2.89 bits per heavy atom. The highest BCUT2D eigenvalue weighted by atomic mass is 35.5. The van der Waals surface area contributed by atoms with Crippen molar-refractivity contribution >= 4 is 18.3 Å². The highest BCUT2D eigenvalue weighted by molar-refractivity contribution is 5.93. The van der Waals surface area contributed by atoms with Crippen molar-refractivity contribution in [3.63, 3.8) is 0 Å². The highest BCUT2D eigenvalue weighted by Crippen LogP contribution is 2.15. The quantitative estimate of drug-likeness (QED) is 0.876. The van der Waals surface area contributed by atoms with Crippen LogP contribution in [0.25, 0.3) is 0 Å². The monoisotopic (exact) mass is 288 g/mol. The Bertz CT molecular complexity index is 434. The van der Waals surface area contributed by atoms with Gasteiger partial charge in [-0.3, -0.25) is 4.79 Å². The average Bonchev–Trinajstić information content (AvgIpc) is 2.95. The molecule has 2 unspecified atom stereocenters. The molecule has 0 aromatic carbocycles.